The summed E-state index contributed by atoms with van der Waals surface area (Å²) >= 11 is 0. The molecule has 0 aliphatic carbocycles. The van der Waals surface area contributed by atoms with Crippen molar-refractivity contribution in [3.63, 3.8) is 0 Å². The fourth-order valence-electron chi connectivity index (χ4n) is 2.23. The van der Waals surface area contributed by atoms with Gasteiger partial charge in [-0.1, -0.05) is 6.92 Å². The second-order valence-electron chi connectivity index (χ2n) is 4.82. The van der Waals surface area contributed by atoms with Crippen LogP contribution >= 0.6 is 0 Å². The van der Waals surface area contributed by atoms with Crippen LogP contribution in [0.3, 0.4) is 0 Å². The topological polar surface area (TPSA) is 85.8 Å². The standard InChI is InChI=1S/C15H15N5O2/c1-2-6-20-13(15(21)22)9-12(18-20)11-3-4-17-14(8-11)19-7-5-16-10-19/h3-5,7-10H,2,6H2,1H3,(H,21,22). The molecule has 0 fully saturated rings. The Morgan fingerprint density at radius 1 is 1.32 bits per heavy atom. The number of carboxylic acids is 1. The predicted molar refractivity (Wildman–Crippen MR) is 79.8 cm³/mol. The quantitative estimate of drug-likeness (QED) is 0.780. The van der Waals surface area contributed by atoms with Crippen molar-refractivity contribution in [3.05, 3.63) is 48.8 Å². The van der Waals surface area contributed by atoms with E-state index in [1.165, 1.54) is 4.68 Å². The molecule has 3 aromatic heterocycles. The molecule has 0 aromatic carbocycles. The largest absolute Gasteiger partial charge is 0.477 e. The molecule has 7 nitrogen and oxygen atoms in total. The van der Waals surface area contributed by atoms with Crippen LogP contribution in [0.2, 0.25) is 0 Å². The lowest BCUT2D eigenvalue weighted by atomic mass is 10.2. The van der Waals surface area contributed by atoms with Crippen LogP contribution in [-0.4, -0.2) is 35.4 Å². The maximum absolute atomic E-state index is 11.3. The minimum Gasteiger partial charge on any atom is -0.477 e. The number of rotatable bonds is 5. The summed E-state index contributed by atoms with van der Waals surface area (Å²) in [6.45, 7) is 2.55. The van der Waals surface area contributed by atoms with E-state index in [1.807, 2.05) is 19.1 Å². The molecule has 112 valence electrons. The highest BCUT2D eigenvalue weighted by Crippen LogP contribution is 2.21. The normalized spacial score (nSPS) is 10.8. The van der Waals surface area contributed by atoms with Gasteiger partial charge in [0.2, 0.25) is 0 Å². The lowest BCUT2D eigenvalue weighted by Gasteiger charge is -2.03. The zero-order chi connectivity index (χ0) is 15.5. The number of aryl methyl sites for hydroxylation is 1. The molecule has 0 bridgehead atoms. The van der Waals surface area contributed by atoms with Crippen LogP contribution in [0.5, 0.6) is 0 Å². The molecule has 0 spiro atoms. The van der Waals surface area contributed by atoms with Crippen molar-refractivity contribution in [2.24, 2.45) is 0 Å². The Morgan fingerprint density at radius 2 is 2.18 bits per heavy atom. The zero-order valence-corrected chi connectivity index (χ0v) is 12.0. The van der Waals surface area contributed by atoms with E-state index in [2.05, 4.69) is 15.1 Å². The molecule has 0 saturated heterocycles. The summed E-state index contributed by atoms with van der Waals surface area (Å²) in [5, 5.41) is 13.7. The minimum atomic E-state index is -0.976. The molecule has 0 aliphatic heterocycles. The van der Waals surface area contributed by atoms with Crippen molar-refractivity contribution in [3.8, 4) is 17.1 Å². The molecule has 1 N–H and O–H groups in total. The number of pyridine rings is 1. The number of aromatic carboxylic acids is 1. The van der Waals surface area contributed by atoms with Gasteiger partial charge in [-0.2, -0.15) is 5.10 Å². The van der Waals surface area contributed by atoms with Crippen LogP contribution in [0.4, 0.5) is 0 Å². The highest BCUT2D eigenvalue weighted by atomic mass is 16.4. The molecule has 3 aromatic rings. The first kappa shape index (κ1) is 14.0. The van der Waals surface area contributed by atoms with E-state index in [0.29, 0.717) is 18.1 Å². The molecule has 0 amide bonds. The van der Waals surface area contributed by atoms with E-state index in [4.69, 9.17) is 0 Å². The molecule has 7 heteroatoms. The first-order valence-corrected chi connectivity index (χ1v) is 6.95. The van der Waals surface area contributed by atoms with Crippen LogP contribution in [-0.2, 0) is 6.54 Å². The van der Waals surface area contributed by atoms with Gasteiger partial charge in [-0.3, -0.25) is 9.25 Å². The average Bonchev–Trinajstić information content (AvgIpc) is 3.17. The van der Waals surface area contributed by atoms with Gasteiger partial charge >= 0.3 is 5.97 Å². The molecular formula is C15H15N5O2. The number of hydrogen-bond donors (Lipinski definition) is 1. The lowest BCUT2D eigenvalue weighted by molar-refractivity contribution is 0.0683. The summed E-state index contributed by atoms with van der Waals surface area (Å²) in [6, 6.07) is 5.25. The van der Waals surface area contributed by atoms with Gasteiger partial charge < -0.3 is 5.11 Å². The number of carboxylic acid groups (broad SMARTS) is 1. The van der Waals surface area contributed by atoms with E-state index in [0.717, 1.165) is 12.0 Å². The highest BCUT2D eigenvalue weighted by Gasteiger charge is 2.15. The Kier molecular flexibility index (Phi) is 3.69. The van der Waals surface area contributed by atoms with Crippen molar-refractivity contribution in [2.75, 3.05) is 0 Å². The van der Waals surface area contributed by atoms with E-state index < -0.39 is 5.97 Å². The smallest absolute Gasteiger partial charge is 0.354 e. The summed E-state index contributed by atoms with van der Waals surface area (Å²) in [4.78, 5) is 19.6. The van der Waals surface area contributed by atoms with Gasteiger partial charge in [0, 0.05) is 30.7 Å². The van der Waals surface area contributed by atoms with Gasteiger partial charge in [-0.25, -0.2) is 14.8 Å². The van der Waals surface area contributed by atoms with Crippen molar-refractivity contribution >= 4 is 5.97 Å². The Labute approximate surface area is 126 Å². The summed E-state index contributed by atoms with van der Waals surface area (Å²) in [5.74, 6) is -0.270. The molecule has 0 radical (unpaired) electrons. The van der Waals surface area contributed by atoms with Crippen molar-refractivity contribution < 1.29 is 9.90 Å². The van der Waals surface area contributed by atoms with Crippen molar-refractivity contribution in [2.45, 2.75) is 19.9 Å². The Morgan fingerprint density at radius 3 is 2.86 bits per heavy atom. The predicted octanol–water partition coefficient (Wildman–Crippen LogP) is 2.24. The summed E-state index contributed by atoms with van der Waals surface area (Å²) in [6.07, 6.45) is 7.61. The van der Waals surface area contributed by atoms with Crippen LogP contribution in [0.15, 0.2) is 43.1 Å². The third-order valence-electron chi connectivity index (χ3n) is 3.24. The SMILES string of the molecule is CCCn1nc(-c2ccnc(-n3ccnc3)c2)cc1C(=O)O. The van der Waals surface area contributed by atoms with E-state index in [9.17, 15) is 9.90 Å². The molecule has 0 unspecified atom stereocenters. The van der Waals surface area contributed by atoms with E-state index >= 15 is 0 Å². The summed E-state index contributed by atoms with van der Waals surface area (Å²) < 4.78 is 3.31. The Hall–Kier alpha value is -2.96. The number of hydrogen-bond acceptors (Lipinski definition) is 4. The summed E-state index contributed by atoms with van der Waals surface area (Å²) in [5.41, 5.74) is 1.63. The maximum Gasteiger partial charge on any atom is 0.354 e. The molecule has 0 atom stereocenters. The fraction of sp³-hybridized carbons (Fsp3) is 0.200. The number of carbonyl (C=O) groups is 1. The van der Waals surface area contributed by atoms with Crippen molar-refractivity contribution in [1.29, 1.82) is 0 Å². The van der Waals surface area contributed by atoms with Gasteiger partial charge in [-0.15, -0.1) is 0 Å². The molecule has 3 heterocycles. The number of imidazole rings is 1. The second-order valence-corrected chi connectivity index (χ2v) is 4.82. The Bertz CT molecular complexity index is 792. The van der Waals surface area contributed by atoms with Crippen molar-refractivity contribution in [1.82, 2.24) is 24.3 Å². The molecule has 0 saturated carbocycles. The molecule has 0 aliphatic rings. The van der Waals surface area contributed by atoms with Crippen LogP contribution in [0.1, 0.15) is 23.8 Å². The highest BCUT2D eigenvalue weighted by molar-refractivity contribution is 5.87. The second kappa shape index (κ2) is 5.80. The number of nitrogens with zero attached hydrogens (tertiary/aromatic N) is 5. The molecule has 22 heavy (non-hydrogen) atoms. The summed E-state index contributed by atoms with van der Waals surface area (Å²) in [7, 11) is 0. The van der Waals surface area contributed by atoms with Gasteiger partial charge in [-0.05, 0) is 24.6 Å². The van der Waals surface area contributed by atoms with Gasteiger partial charge in [0.25, 0.3) is 0 Å². The minimum absolute atomic E-state index is 0.192. The van der Waals surface area contributed by atoms with Crippen LogP contribution in [0.25, 0.3) is 17.1 Å². The first-order chi connectivity index (χ1) is 10.7. The molecular weight excluding hydrogens is 282 g/mol. The number of aromatic nitrogens is 5. The monoisotopic (exact) mass is 297 g/mol. The lowest BCUT2D eigenvalue weighted by Crippen LogP contribution is -2.09. The van der Waals surface area contributed by atoms with Gasteiger partial charge in [0.05, 0.1) is 5.69 Å². The van der Waals surface area contributed by atoms with Crippen LogP contribution in [0, 0.1) is 0 Å². The zero-order valence-electron chi connectivity index (χ0n) is 12.0. The maximum atomic E-state index is 11.3. The Balaban J connectivity index is 2.02. The van der Waals surface area contributed by atoms with Gasteiger partial charge in [0.1, 0.15) is 17.8 Å². The van der Waals surface area contributed by atoms with E-state index in [-0.39, 0.29) is 5.69 Å². The average molecular weight is 297 g/mol. The third kappa shape index (κ3) is 2.60. The third-order valence-corrected chi connectivity index (χ3v) is 3.24. The molecule has 3 rings (SSSR count). The van der Waals surface area contributed by atoms with Crippen LogP contribution < -0.4 is 0 Å². The van der Waals surface area contributed by atoms with E-state index in [1.54, 1.807) is 35.6 Å². The van der Waals surface area contributed by atoms with Gasteiger partial charge in [0.15, 0.2) is 0 Å². The fourth-order valence-corrected chi connectivity index (χ4v) is 2.23. The first-order valence-electron chi connectivity index (χ1n) is 6.95.